The van der Waals surface area contributed by atoms with E-state index in [0.717, 1.165) is 4.68 Å². The van der Waals surface area contributed by atoms with Crippen molar-refractivity contribution >= 4 is 52.8 Å². The average molecular weight is 398 g/mol. The van der Waals surface area contributed by atoms with Crippen molar-refractivity contribution < 1.29 is 9.59 Å². The lowest BCUT2D eigenvalue weighted by atomic mass is 10.1. The van der Waals surface area contributed by atoms with Gasteiger partial charge in [0.25, 0.3) is 5.91 Å². The van der Waals surface area contributed by atoms with E-state index < -0.39 is 11.9 Å². The van der Waals surface area contributed by atoms with Crippen molar-refractivity contribution in [2.24, 2.45) is 0 Å². The first-order chi connectivity index (χ1) is 11.7. The predicted molar refractivity (Wildman–Crippen MR) is 95.7 cm³/mol. The Labute approximate surface area is 158 Å². The number of aromatic nitrogens is 2. The van der Waals surface area contributed by atoms with Crippen molar-refractivity contribution in [3.05, 3.63) is 55.8 Å². The number of nitrogens with one attached hydrogen (secondary N) is 1. The van der Waals surface area contributed by atoms with E-state index in [0.29, 0.717) is 27.0 Å². The van der Waals surface area contributed by atoms with Gasteiger partial charge in [-0.05, 0) is 37.6 Å². The second-order valence-corrected chi connectivity index (χ2v) is 6.21. The third-order valence-electron chi connectivity index (χ3n) is 3.24. The van der Waals surface area contributed by atoms with Crippen LogP contribution in [0.3, 0.4) is 0 Å². The van der Waals surface area contributed by atoms with E-state index >= 15 is 0 Å². The number of carbonyl (C=O) groups is 2. The van der Waals surface area contributed by atoms with Gasteiger partial charge in [-0.3, -0.25) is 10.1 Å². The molecule has 0 saturated carbocycles. The molecule has 0 bridgehead atoms. The zero-order valence-corrected chi connectivity index (χ0v) is 15.4. The lowest BCUT2D eigenvalue weighted by Gasteiger charge is -2.05. The molecule has 0 atom stereocenters. The molecular formula is C16H11Cl3N4O2. The van der Waals surface area contributed by atoms with Gasteiger partial charge >= 0.3 is 6.03 Å². The number of rotatable bonds is 2. The summed E-state index contributed by atoms with van der Waals surface area (Å²) in [5, 5.41) is 16.2. The van der Waals surface area contributed by atoms with Crippen LogP contribution in [0.4, 0.5) is 4.79 Å². The number of hydrogen-bond acceptors (Lipinski definition) is 4. The van der Waals surface area contributed by atoms with Crippen LogP contribution < -0.4 is 5.32 Å². The molecule has 0 saturated heterocycles. The lowest BCUT2D eigenvalue weighted by Crippen LogP contribution is -2.36. The Bertz CT molecular complexity index is 942. The van der Waals surface area contributed by atoms with Gasteiger partial charge in [0.1, 0.15) is 11.6 Å². The van der Waals surface area contributed by atoms with Gasteiger partial charge in [0, 0.05) is 10.0 Å². The van der Waals surface area contributed by atoms with Crippen LogP contribution in [0.2, 0.25) is 15.1 Å². The molecule has 0 radical (unpaired) electrons. The van der Waals surface area contributed by atoms with E-state index in [2.05, 4.69) is 10.4 Å². The second kappa shape index (κ2) is 7.70. The van der Waals surface area contributed by atoms with E-state index in [-0.39, 0.29) is 10.6 Å². The zero-order valence-electron chi connectivity index (χ0n) is 13.1. The average Bonchev–Trinajstić information content (AvgIpc) is 2.81. The van der Waals surface area contributed by atoms with E-state index in [1.807, 2.05) is 0 Å². The van der Waals surface area contributed by atoms with Gasteiger partial charge in [0.15, 0.2) is 0 Å². The molecule has 0 aliphatic rings. The highest BCUT2D eigenvalue weighted by Gasteiger charge is 2.19. The summed E-state index contributed by atoms with van der Waals surface area (Å²) in [5.41, 5.74) is 0.947. The first-order valence-electron chi connectivity index (χ1n) is 6.89. The van der Waals surface area contributed by atoms with E-state index in [9.17, 15) is 14.9 Å². The first kappa shape index (κ1) is 19.0. The molecule has 25 heavy (non-hydrogen) atoms. The molecule has 2 rings (SSSR count). The number of aryl methyl sites for hydroxylation is 1. The Hall–Kier alpha value is -2.33. The number of carbonyl (C=O) groups excluding carboxylic acids is 2. The summed E-state index contributed by atoms with van der Waals surface area (Å²) < 4.78 is 0.958. The Morgan fingerprint density at radius 1 is 1.28 bits per heavy atom. The number of hydrogen-bond donors (Lipinski definition) is 1. The number of nitrogens with zero attached hydrogens (tertiary/aromatic N) is 3. The molecule has 128 valence electrons. The summed E-state index contributed by atoms with van der Waals surface area (Å²) in [4.78, 5) is 24.3. The molecule has 6 nitrogen and oxygen atoms in total. The highest BCUT2D eigenvalue weighted by molar-refractivity contribution is 6.35. The maximum Gasteiger partial charge on any atom is 0.349 e. The minimum Gasteiger partial charge on any atom is -0.271 e. The minimum absolute atomic E-state index is 0.268. The molecular weight excluding hydrogens is 387 g/mol. The van der Waals surface area contributed by atoms with Crippen molar-refractivity contribution in [2.75, 3.05) is 0 Å². The summed E-state index contributed by atoms with van der Waals surface area (Å²) in [7, 11) is 0. The van der Waals surface area contributed by atoms with Crippen molar-refractivity contribution in [1.82, 2.24) is 15.1 Å². The van der Waals surface area contributed by atoms with Crippen molar-refractivity contribution in [3.8, 4) is 6.07 Å². The van der Waals surface area contributed by atoms with E-state index in [4.69, 9.17) is 34.8 Å². The van der Waals surface area contributed by atoms with Gasteiger partial charge in [-0.25, -0.2) is 4.79 Å². The Morgan fingerprint density at radius 2 is 1.96 bits per heavy atom. The van der Waals surface area contributed by atoms with Crippen LogP contribution in [0.15, 0.2) is 23.8 Å². The summed E-state index contributed by atoms with van der Waals surface area (Å²) in [6.45, 7) is 3.21. The maximum atomic E-state index is 12.2. The molecule has 1 aromatic heterocycles. The van der Waals surface area contributed by atoms with Crippen LogP contribution in [0, 0.1) is 25.2 Å². The molecule has 1 aromatic carbocycles. The fraction of sp³-hybridized carbons (Fsp3) is 0.125. The van der Waals surface area contributed by atoms with Crippen molar-refractivity contribution in [1.29, 1.82) is 5.26 Å². The van der Waals surface area contributed by atoms with E-state index in [1.165, 1.54) is 12.1 Å². The maximum absolute atomic E-state index is 12.2. The molecule has 0 fully saturated rings. The van der Waals surface area contributed by atoms with Gasteiger partial charge in [-0.15, -0.1) is 0 Å². The minimum atomic E-state index is -0.887. The summed E-state index contributed by atoms with van der Waals surface area (Å²) >= 11 is 17.8. The monoisotopic (exact) mass is 396 g/mol. The third-order valence-corrected chi connectivity index (χ3v) is 4.35. The molecule has 1 heterocycles. The molecule has 9 heteroatoms. The lowest BCUT2D eigenvalue weighted by molar-refractivity contribution is -0.116. The smallest absolute Gasteiger partial charge is 0.271 e. The van der Waals surface area contributed by atoms with Crippen LogP contribution in [0.25, 0.3) is 6.08 Å². The largest absolute Gasteiger partial charge is 0.349 e. The van der Waals surface area contributed by atoms with Crippen LogP contribution in [-0.2, 0) is 4.79 Å². The van der Waals surface area contributed by atoms with Gasteiger partial charge in [0.05, 0.1) is 16.4 Å². The van der Waals surface area contributed by atoms with Gasteiger partial charge < -0.3 is 0 Å². The highest BCUT2D eigenvalue weighted by Crippen LogP contribution is 2.23. The number of imide groups is 1. The number of amides is 2. The molecule has 2 amide bonds. The Balaban J connectivity index is 2.25. The molecule has 0 aliphatic carbocycles. The molecule has 0 aliphatic heterocycles. The van der Waals surface area contributed by atoms with Crippen molar-refractivity contribution in [3.63, 3.8) is 0 Å². The number of nitriles is 1. The summed E-state index contributed by atoms with van der Waals surface area (Å²) in [6.07, 6.45) is 1.26. The van der Waals surface area contributed by atoms with Crippen LogP contribution >= 0.6 is 34.8 Å². The Kier molecular flexibility index (Phi) is 5.85. The number of halogens is 3. The quantitative estimate of drug-likeness (QED) is 0.609. The number of benzene rings is 1. The SMILES string of the molecule is Cc1nn(C(=O)NC(=O)/C(C#N)=C/c2ccc(Cl)cc2Cl)c(C)c1Cl. The second-order valence-electron chi connectivity index (χ2n) is 4.99. The predicted octanol–water partition coefficient (Wildman–Crippen LogP) is 4.15. The Morgan fingerprint density at radius 3 is 2.48 bits per heavy atom. The molecule has 2 aromatic rings. The van der Waals surface area contributed by atoms with Crippen LogP contribution in [0.1, 0.15) is 17.0 Å². The van der Waals surface area contributed by atoms with Gasteiger partial charge in [0.2, 0.25) is 0 Å². The summed E-state index contributed by atoms with van der Waals surface area (Å²) in [5.74, 6) is -0.887. The van der Waals surface area contributed by atoms with Crippen LogP contribution in [-0.4, -0.2) is 21.7 Å². The molecule has 0 unspecified atom stereocenters. The molecule has 0 spiro atoms. The third kappa shape index (κ3) is 4.20. The molecule has 1 N–H and O–H groups in total. The standard InChI is InChI=1S/C16H11Cl3N4O2/c1-8-14(19)9(2)23(22-8)16(25)21-15(24)11(7-20)5-10-3-4-12(17)6-13(10)18/h3-6H,1-2H3,(H,21,24,25)/b11-5+. The van der Waals surface area contributed by atoms with Gasteiger partial charge in [-0.2, -0.15) is 15.0 Å². The fourth-order valence-electron chi connectivity index (χ4n) is 1.96. The van der Waals surface area contributed by atoms with Gasteiger partial charge in [-0.1, -0.05) is 40.9 Å². The van der Waals surface area contributed by atoms with E-state index in [1.54, 1.807) is 32.0 Å². The first-order valence-corrected chi connectivity index (χ1v) is 8.02. The highest BCUT2D eigenvalue weighted by atomic mass is 35.5. The fourth-order valence-corrected chi connectivity index (χ4v) is 2.54. The topological polar surface area (TPSA) is 87.8 Å². The van der Waals surface area contributed by atoms with Crippen molar-refractivity contribution in [2.45, 2.75) is 13.8 Å². The normalized spacial score (nSPS) is 11.1. The summed E-state index contributed by atoms with van der Waals surface area (Å²) in [6, 6.07) is 5.51. The van der Waals surface area contributed by atoms with Crippen LogP contribution in [0.5, 0.6) is 0 Å². The zero-order chi connectivity index (χ0) is 18.7.